The third kappa shape index (κ3) is 11.0. The van der Waals surface area contributed by atoms with E-state index in [9.17, 15) is 33.6 Å². The summed E-state index contributed by atoms with van der Waals surface area (Å²) in [6.07, 6.45) is 5.66. The lowest BCUT2D eigenvalue weighted by Crippen LogP contribution is -2.43. The minimum atomic E-state index is -0.869. The second-order valence-corrected chi connectivity index (χ2v) is 10.5. The molecule has 0 radical (unpaired) electrons. The predicted molar refractivity (Wildman–Crippen MR) is 163 cm³/mol. The van der Waals surface area contributed by atoms with E-state index in [0.717, 1.165) is 34.8 Å². The van der Waals surface area contributed by atoms with Crippen LogP contribution in [-0.2, 0) is 17.8 Å². The number of benzene rings is 1. The summed E-state index contributed by atoms with van der Waals surface area (Å²) in [6.45, 7) is 5.01. The molecule has 0 aliphatic carbocycles. The third-order valence-corrected chi connectivity index (χ3v) is 7.06. The molecule has 1 aromatic carbocycles. The molecule has 16 heteroatoms. The Bertz CT molecular complexity index is 1580. The molecule has 2 aromatic heterocycles. The van der Waals surface area contributed by atoms with Crippen LogP contribution in [0.25, 0.3) is 0 Å². The standard InChI is InChI=1S/C29H40N6O10/c1-3-5-10-19(4-2)18-45-23(36)20-15-21(43-13-8-6-11-34-26(39)30-24(37)31-27(34)40)17-22(16-20)44-14-9-7-12-35-28(41)32-25(38)33-29(35)42/h15-17,19H,3-14,18H2,1-2H3,(H2,30,31,37,39,40)(H2,32,33,38,41,42). The van der Waals surface area contributed by atoms with Crippen molar-refractivity contribution < 1.29 is 19.0 Å². The number of hydrogen-bond acceptors (Lipinski definition) is 10. The quantitative estimate of drug-likeness (QED) is 0.108. The van der Waals surface area contributed by atoms with E-state index in [1.807, 2.05) is 19.9 Å². The van der Waals surface area contributed by atoms with Gasteiger partial charge in [-0.3, -0.25) is 19.9 Å². The lowest BCUT2D eigenvalue weighted by molar-refractivity contribution is 0.0427. The molecule has 0 saturated heterocycles. The molecule has 0 spiro atoms. The van der Waals surface area contributed by atoms with Gasteiger partial charge in [0.1, 0.15) is 11.5 Å². The number of carbonyl (C=O) groups excluding carboxylic acids is 1. The SMILES string of the molecule is CCCCC(CC)COC(=O)c1cc(OCCCCn2c(=O)[nH]c(=O)[nH]c2=O)cc(OCCCCn2c(=O)[nH]c(=O)[nH]c2=O)c1. The zero-order valence-electron chi connectivity index (χ0n) is 25.5. The van der Waals surface area contributed by atoms with Gasteiger partial charge in [-0.25, -0.2) is 42.7 Å². The van der Waals surface area contributed by atoms with Crippen LogP contribution in [0.3, 0.4) is 0 Å². The van der Waals surface area contributed by atoms with Crippen LogP contribution < -0.4 is 43.6 Å². The Morgan fingerprint density at radius 1 is 0.689 bits per heavy atom. The average molecular weight is 633 g/mol. The van der Waals surface area contributed by atoms with Crippen molar-refractivity contribution in [3.63, 3.8) is 0 Å². The summed E-state index contributed by atoms with van der Waals surface area (Å²) < 4.78 is 19.1. The van der Waals surface area contributed by atoms with Gasteiger partial charge in [0.05, 0.1) is 25.4 Å². The second kappa shape index (κ2) is 17.4. The molecule has 0 aliphatic rings. The zero-order chi connectivity index (χ0) is 32.8. The average Bonchev–Trinajstić information content (AvgIpc) is 2.98. The van der Waals surface area contributed by atoms with Crippen LogP contribution >= 0.6 is 0 Å². The van der Waals surface area contributed by atoms with Crippen molar-refractivity contribution >= 4 is 5.97 Å². The highest BCUT2D eigenvalue weighted by Crippen LogP contribution is 2.25. The molecule has 3 rings (SSSR count). The van der Waals surface area contributed by atoms with Crippen molar-refractivity contribution in [3.05, 3.63) is 86.7 Å². The van der Waals surface area contributed by atoms with Crippen molar-refractivity contribution in [2.24, 2.45) is 5.92 Å². The number of hydrogen-bond donors (Lipinski definition) is 4. The number of ether oxygens (including phenoxy) is 3. The third-order valence-electron chi connectivity index (χ3n) is 7.06. The zero-order valence-corrected chi connectivity index (χ0v) is 25.5. The molecule has 0 bridgehead atoms. The number of H-pyrrole nitrogens is 4. The molecule has 0 saturated carbocycles. The fourth-order valence-corrected chi connectivity index (χ4v) is 4.47. The summed E-state index contributed by atoms with van der Waals surface area (Å²) in [7, 11) is 0. The monoisotopic (exact) mass is 632 g/mol. The molecule has 1 atom stereocenters. The molecule has 4 N–H and O–H groups in total. The lowest BCUT2D eigenvalue weighted by Gasteiger charge is -2.16. The van der Waals surface area contributed by atoms with Crippen LogP contribution in [0.5, 0.6) is 11.5 Å². The van der Waals surface area contributed by atoms with Crippen LogP contribution in [0, 0.1) is 5.92 Å². The lowest BCUT2D eigenvalue weighted by atomic mass is 10.0. The normalized spacial score (nSPS) is 11.7. The first-order chi connectivity index (χ1) is 21.6. The largest absolute Gasteiger partial charge is 0.493 e. The summed E-state index contributed by atoms with van der Waals surface area (Å²) in [4.78, 5) is 90.8. The first kappa shape index (κ1) is 34.6. The molecule has 16 nitrogen and oxygen atoms in total. The van der Waals surface area contributed by atoms with E-state index < -0.39 is 40.1 Å². The highest BCUT2D eigenvalue weighted by atomic mass is 16.5. The van der Waals surface area contributed by atoms with Crippen molar-refractivity contribution in [2.75, 3.05) is 19.8 Å². The number of nitrogens with zero attached hydrogens (tertiary/aromatic N) is 2. The van der Waals surface area contributed by atoms with Crippen molar-refractivity contribution in [2.45, 2.75) is 78.3 Å². The maximum atomic E-state index is 13.0. The Kier molecular flexibility index (Phi) is 13.4. The minimum absolute atomic E-state index is 0.0721. The Morgan fingerprint density at radius 2 is 1.16 bits per heavy atom. The molecule has 0 aliphatic heterocycles. The molecule has 0 fully saturated rings. The number of esters is 1. The van der Waals surface area contributed by atoms with E-state index in [1.54, 1.807) is 18.2 Å². The van der Waals surface area contributed by atoms with E-state index in [1.165, 1.54) is 0 Å². The maximum Gasteiger partial charge on any atom is 0.338 e. The van der Waals surface area contributed by atoms with Crippen LogP contribution in [0.2, 0.25) is 0 Å². The van der Waals surface area contributed by atoms with Gasteiger partial charge in [-0.1, -0.05) is 33.1 Å². The molecule has 3 aromatic rings. The van der Waals surface area contributed by atoms with E-state index in [-0.39, 0.29) is 37.8 Å². The molecule has 2 heterocycles. The van der Waals surface area contributed by atoms with Crippen LogP contribution in [-0.4, -0.2) is 54.9 Å². The number of aromatic nitrogens is 6. The molecule has 1 unspecified atom stereocenters. The molecule has 0 amide bonds. The first-order valence-electron chi connectivity index (χ1n) is 15.1. The smallest absolute Gasteiger partial charge is 0.338 e. The molecular weight excluding hydrogens is 592 g/mol. The summed E-state index contributed by atoms with van der Waals surface area (Å²) in [5.41, 5.74) is -4.68. The van der Waals surface area contributed by atoms with Gasteiger partial charge in [-0.15, -0.1) is 0 Å². The summed E-state index contributed by atoms with van der Waals surface area (Å²) in [6, 6.07) is 4.71. The summed E-state index contributed by atoms with van der Waals surface area (Å²) in [5.74, 6) is 0.438. The van der Waals surface area contributed by atoms with Gasteiger partial charge < -0.3 is 14.2 Å². The highest BCUT2D eigenvalue weighted by Gasteiger charge is 2.15. The number of rotatable bonds is 19. The Hall–Kier alpha value is -4.89. The minimum Gasteiger partial charge on any atom is -0.493 e. The van der Waals surface area contributed by atoms with E-state index in [0.29, 0.717) is 43.8 Å². The van der Waals surface area contributed by atoms with Crippen LogP contribution in [0.15, 0.2) is 47.0 Å². The molecule has 246 valence electrons. The maximum absolute atomic E-state index is 13.0. The number of aromatic amines is 4. The fraction of sp³-hybridized carbons (Fsp3) is 0.552. The fourth-order valence-electron chi connectivity index (χ4n) is 4.47. The van der Waals surface area contributed by atoms with E-state index >= 15 is 0 Å². The summed E-state index contributed by atoms with van der Waals surface area (Å²) in [5, 5.41) is 0. The van der Waals surface area contributed by atoms with E-state index in [4.69, 9.17) is 14.2 Å². The van der Waals surface area contributed by atoms with Crippen molar-refractivity contribution in [1.82, 2.24) is 29.1 Å². The first-order valence-corrected chi connectivity index (χ1v) is 15.1. The van der Waals surface area contributed by atoms with E-state index in [2.05, 4.69) is 13.8 Å². The van der Waals surface area contributed by atoms with Gasteiger partial charge in [0.25, 0.3) is 0 Å². The Labute approximate surface area is 256 Å². The van der Waals surface area contributed by atoms with Gasteiger partial charge >= 0.3 is 40.1 Å². The molecular formula is C29H40N6O10. The predicted octanol–water partition coefficient (Wildman–Crippen LogP) is 0.855. The van der Waals surface area contributed by atoms with Gasteiger partial charge in [0, 0.05) is 19.2 Å². The second-order valence-electron chi connectivity index (χ2n) is 10.5. The van der Waals surface area contributed by atoms with Crippen LogP contribution in [0.4, 0.5) is 0 Å². The summed E-state index contributed by atoms with van der Waals surface area (Å²) >= 11 is 0. The van der Waals surface area contributed by atoms with Gasteiger partial charge in [-0.05, 0) is 50.2 Å². The number of carbonyl (C=O) groups is 1. The van der Waals surface area contributed by atoms with Gasteiger partial charge in [0.15, 0.2) is 0 Å². The van der Waals surface area contributed by atoms with Crippen molar-refractivity contribution in [1.29, 1.82) is 0 Å². The van der Waals surface area contributed by atoms with Crippen LogP contribution in [0.1, 0.15) is 75.6 Å². The Balaban J connectivity index is 1.61. The topological polar surface area (TPSA) is 220 Å². The number of unbranched alkanes of at least 4 members (excludes halogenated alkanes) is 3. The van der Waals surface area contributed by atoms with Crippen molar-refractivity contribution in [3.8, 4) is 11.5 Å². The highest BCUT2D eigenvalue weighted by molar-refractivity contribution is 5.90. The number of nitrogens with one attached hydrogen (secondary N) is 4. The van der Waals surface area contributed by atoms with Gasteiger partial charge in [-0.2, -0.15) is 0 Å². The van der Waals surface area contributed by atoms with Gasteiger partial charge in [0.2, 0.25) is 0 Å². The molecule has 45 heavy (non-hydrogen) atoms. The Morgan fingerprint density at radius 3 is 1.58 bits per heavy atom.